The van der Waals surface area contributed by atoms with Crippen molar-refractivity contribution in [3.8, 4) is 15.6 Å². The highest BCUT2D eigenvalue weighted by atomic mass is 32.2. The van der Waals surface area contributed by atoms with E-state index >= 15 is 0 Å². The van der Waals surface area contributed by atoms with Gasteiger partial charge in [-0.3, -0.25) is 9.59 Å². The average Bonchev–Trinajstić information content (AvgIpc) is 3.56. The predicted molar refractivity (Wildman–Crippen MR) is 127 cm³/mol. The van der Waals surface area contributed by atoms with Crippen LogP contribution >= 0.6 is 34.4 Å². The minimum atomic E-state index is -0.427. The number of amides is 2. The first-order chi connectivity index (χ1) is 15.1. The van der Waals surface area contributed by atoms with E-state index in [4.69, 9.17) is 4.74 Å². The summed E-state index contributed by atoms with van der Waals surface area (Å²) in [6.45, 7) is 0.371. The third kappa shape index (κ3) is 5.47. The van der Waals surface area contributed by atoms with Crippen LogP contribution in [0.1, 0.15) is 17.7 Å². The summed E-state index contributed by atoms with van der Waals surface area (Å²) in [6.07, 6.45) is 1.02. The molecule has 4 rings (SSSR count). The van der Waals surface area contributed by atoms with Crippen LogP contribution in [0.2, 0.25) is 0 Å². The van der Waals surface area contributed by atoms with Crippen molar-refractivity contribution in [1.29, 1.82) is 0 Å². The van der Waals surface area contributed by atoms with Gasteiger partial charge in [0.1, 0.15) is 16.8 Å². The number of nitrogens with one attached hydrogen (secondary N) is 1. The third-order valence-electron chi connectivity index (χ3n) is 5.02. The molecule has 0 bridgehead atoms. The topological polar surface area (TPSA) is 71.5 Å². The summed E-state index contributed by atoms with van der Waals surface area (Å²) >= 11 is 4.84. The maximum absolute atomic E-state index is 12.8. The SMILES string of the molecule is COc1ccc(CCC(=O)N2CSC[C@@H]2C(=O)NCc2csc(-c3cccs3)n2)cc1. The van der Waals surface area contributed by atoms with E-state index < -0.39 is 6.04 Å². The molecule has 1 aliphatic heterocycles. The standard InChI is InChI=1S/C22H23N3O3S3/c1-28-17-7-4-15(5-8-17)6-9-20(26)25-14-29-13-18(25)21(27)23-11-16-12-31-22(24-16)19-3-2-10-30-19/h2-5,7-8,10,12,18H,6,9,11,13-14H2,1H3,(H,23,27)/t18-/m1/s1. The van der Waals surface area contributed by atoms with Crippen LogP contribution < -0.4 is 10.1 Å². The number of thioether (sulfide) groups is 1. The van der Waals surface area contributed by atoms with Gasteiger partial charge in [0.15, 0.2) is 0 Å². The van der Waals surface area contributed by atoms with Gasteiger partial charge in [0.2, 0.25) is 11.8 Å². The molecule has 0 spiro atoms. The van der Waals surface area contributed by atoms with E-state index in [2.05, 4.69) is 10.3 Å². The molecular weight excluding hydrogens is 450 g/mol. The number of ether oxygens (including phenoxy) is 1. The van der Waals surface area contributed by atoms with Crippen LogP contribution in [0.4, 0.5) is 0 Å². The van der Waals surface area contributed by atoms with E-state index in [0.29, 0.717) is 31.0 Å². The number of nitrogens with zero attached hydrogens (tertiary/aromatic N) is 2. The predicted octanol–water partition coefficient (Wildman–Crippen LogP) is 4.03. The summed E-state index contributed by atoms with van der Waals surface area (Å²) in [7, 11) is 1.63. The Kier molecular flexibility index (Phi) is 7.26. The van der Waals surface area contributed by atoms with E-state index in [0.717, 1.165) is 26.9 Å². The van der Waals surface area contributed by atoms with Gasteiger partial charge in [0.05, 0.1) is 30.1 Å². The summed E-state index contributed by atoms with van der Waals surface area (Å²) in [6, 6.07) is 11.3. The molecule has 31 heavy (non-hydrogen) atoms. The molecule has 0 unspecified atom stereocenters. The quantitative estimate of drug-likeness (QED) is 0.535. The van der Waals surface area contributed by atoms with Crippen molar-refractivity contribution < 1.29 is 14.3 Å². The van der Waals surface area contributed by atoms with Crippen molar-refractivity contribution in [1.82, 2.24) is 15.2 Å². The fourth-order valence-electron chi connectivity index (χ4n) is 3.29. The summed E-state index contributed by atoms with van der Waals surface area (Å²) in [5, 5.41) is 7.91. The first-order valence-electron chi connectivity index (χ1n) is 9.90. The molecular formula is C22H23N3O3S3. The molecule has 2 aromatic heterocycles. The fourth-order valence-corrected chi connectivity index (χ4v) is 6.10. The Balaban J connectivity index is 1.28. The normalized spacial score (nSPS) is 15.8. The number of aryl methyl sites for hydroxylation is 1. The van der Waals surface area contributed by atoms with Gasteiger partial charge >= 0.3 is 0 Å². The van der Waals surface area contributed by atoms with Crippen LogP contribution in [0.5, 0.6) is 5.75 Å². The Bertz CT molecular complexity index is 1020. The number of carbonyl (C=O) groups excluding carboxylic acids is 2. The smallest absolute Gasteiger partial charge is 0.244 e. The molecule has 1 atom stereocenters. The minimum Gasteiger partial charge on any atom is -0.497 e. The summed E-state index contributed by atoms with van der Waals surface area (Å²) in [5.74, 6) is 1.87. The third-order valence-corrected chi connectivity index (χ3v) is 7.96. The Morgan fingerprint density at radius 1 is 1.23 bits per heavy atom. The van der Waals surface area contributed by atoms with Crippen molar-refractivity contribution in [2.24, 2.45) is 0 Å². The molecule has 6 nitrogen and oxygen atoms in total. The highest BCUT2D eigenvalue weighted by Gasteiger charge is 2.34. The number of rotatable bonds is 8. The van der Waals surface area contributed by atoms with E-state index in [1.165, 1.54) is 0 Å². The van der Waals surface area contributed by atoms with E-state index in [1.54, 1.807) is 46.4 Å². The Morgan fingerprint density at radius 2 is 2.06 bits per heavy atom. The lowest BCUT2D eigenvalue weighted by Crippen LogP contribution is -2.47. The maximum Gasteiger partial charge on any atom is 0.244 e. The number of thiophene rings is 1. The highest BCUT2D eigenvalue weighted by Crippen LogP contribution is 2.28. The molecule has 0 saturated carbocycles. The molecule has 1 fully saturated rings. The second-order valence-corrected chi connectivity index (χ2v) is 9.87. The largest absolute Gasteiger partial charge is 0.497 e. The molecule has 1 saturated heterocycles. The zero-order chi connectivity index (χ0) is 21.6. The van der Waals surface area contributed by atoms with E-state index in [-0.39, 0.29) is 11.8 Å². The van der Waals surface area contributed by atoms with Gasteiger partial charge < -0.3 is 15.0 Å². The molecule has 2 amide bonds. The number of hydrogen-bond acceptors (Lipinski definition) is 7. The van der Waals surface area contributed by atoms with Crippen molar-refractivity contribution in [3.63, 3.8) is 0 Å². The molecule has 3 heterocycles. The van der Waals surface area contributed by atoms with Gasteiger partial charge in [-0.2, -0.15) is 0 Å². The molecule has 0 radical (unpaired) electrons. The summed E-state index contributed by atoms with van der Waals surface area (Å²) in [5.41, 5.74) is 1.91. The lowest BCUT2D eigenvalue weighted by atomic mass is 10.1. The first-order valence-corrected chi connectivity index (χ1v) is 12.8. The van der Waals surface area contributed by atoms with Crippen LogP contribution in [0.15, 0.2) is 47.2 Å². The molecule has 3 aromatic rings. The van der Waals surface area contributed by atoms with Crippen LogP contribution in [-0.4, -0.2) is 46.5 Å². The molecule has 1 N–H and O–H groups in total. The minimum absolute atomic E-state index is 0.00890. The molecule has 1 aliphatic rings. The molecule has 1 aromatic carbocycles. The number of hydrogen-bond donors (Lipinski definition) is 1. The summed E-state index contributed by atoms with van der Waals surface area (Å²) < 4.78 is 5.17. The Labute approximate surface area is 193 Å². The first kappa shape index (κ1) is 21.9. The molecule has 0 aliphatic carbocycles. The van der Waals surface area contributed by atoms with Gasteiger partial charge in [0.25, 0.3) is 0 Å². The van der Waals surface area contributed by atoms with Gasteiger partial charge in [-0.25, -0.2) is 4.98 Å². The van der Waals surface area contributed by atoms with Crippen LogP contribution in [-0.2, 0) is 22.6 Å². The van der Waals surface area contributed by atoms with Crippen molar-refractivity contribution in [2.45, 2.75) is 25.4 Å². The van der Waals surface area contributed by atoms with Crippen molar-refractivity contribution in [3.05, 3.63) is 58.4 Å². The lowest BCUT2D eigenvalue weighted by molar-refractivity contribution is -0.138. The van der Waals surface area contributed by atoms with Crippen LogP contribution in [0, 0.1) is 0 Å². The van der Waals surface area contributed by atoms with Crippen molar-refractivity contribution >= 4 is 46.2 Å². The zero-order valence-electron chi connectivity index (χ0n) is 17.1. The number of thiazole rings is 1. The Hall–Kier alpha value is -2.36. The Morgan fingerprint density at radius 3 is 2.81 bits per heavy atom. The van der Waals surface area contributed by atoms with E-state index in [9.17, 15) is 9.59 Å². The van der Waals surface area contributed by atoms with Gasteiger partial charge in [-0.05, 0) is 35.6 Å². The van der Waals surface area contributed by atoms with Crippen LogP contribution in [0.25, 0.3) is 9.88 Å². The van der Waals surface area contributed by atoms with Gasteiger partial charge in [-0.1, -0.05) is 18.2 Å². The average molecular weight is 474 g/mol. The summed E-state index contributed by atoms with van der Waals surface area (Å²) in [4.78, 5) is 32.9. The van der Waals surface area contributed by atoms with Crippen molar-refractivity contribution in [2.75, 3.05) is 18.7 Å². The van der Waals surface area contributed by atoms with Gasteiger partial charge in [-0.15, -0.1) is 34.4 Å². The number of methoxy groups -OCH3 is 1. The fraction of sp³-hybridized carbons (Fsp3) is 0.318. The lowest BCUT2D eigenvalue weighted by Gasteiger charge is -2.23. The monoisotopic (exact) mass is 473 g/mol. The number of benzene rings is 1. The molecule has 162 valence electrons. The zero-order valence-corrected chi connectivity index (χ0v) is 19.5. The van der Waals surface area contributed by atoms with Crippen LogP contribution in [0.3, 0.4) is 0 Å². The molecule has 9 heteroatoms. The second kappa shape index (κ2) is 10.3. The number of carbonyl (C=O) groups is 2. The van der Waals surface area contributed by atoms with E-state index in [1.807, 2.05) is 47.2 Å². The number of aromatic nitrogens is 1. The van der Waals surface area contributed by atoms with Gasteiger partial charge in [0, 0.05) is 17.6 Å². The highest BCUT2D eigenvalue weighted by molar-refractivity contribution is 7.99. The maximum atomic E-state index is 12.8. The second-order valence-electron chi connectivity index (χ2n) is 7.07.